The molecule has 0 saturated carbocycles. The molecule has 1 saturated heterocycles. The van der Waals surface area contributed by atoms with E-state index in [9.17, 15) is 4.79 Å². The van der Waals surface area contributed by atoms with Gasteiger partial charge in [0.1, 0.15) is 36.6 Å². The third-order valence-corrected chi connectivity index (χ3v) is 5.32. The van der Waals surface area contributed by atoms with Gasteiger partial charge in [0.05, 0.1) is 12.3 Å². The molecule has 10 nitrogen and oxygen atoms in total. The molecule has 2 aliphatic rings. The number of hydrogen-bond donors (Lipinski definition) is 3. The van der Waals surface area contributed by atoms with Gasteiger partial charge in [-0.15, -0.1) is 0 Å². The highest BCUT2D eigenvalue weighted by atomic mass is 16.5. The number of hydrogen-bond acceptors (Lipinski definition) is 9. The number of likely N-dealkylation sites (tertiary alicyclic amines) is 1. The Morgan fingerprint density at radius 3 is 2.41 bits per heavy atom. The second-order valence-electron chi connectivity index (χ2n) is 9.41. The highest BCUT2D eigenvalue weighted by Gasteiger charge is 2.09. The number of methoxy groups -OCH3 is 1. The van der Waals surface area contributed by atoms with Crippen molar-refractivity contribution < 1.29 is 19.0 Å². The Hall–Kier alpha value is -3.63. The quantitative estimate of drug-likeness (QED) is 0.0832. The maximum atomic E-state index is 10.7. The maximum absolute atomic E-state index is 10.7. The molecule has 0 aliphatic carbocycles. The monoisotopic (exact) mass is 572 g/mol. The minimum absolute atomic E-state index is 0.212. The van der Waals surface area contributed by atoms with Gasteiger partial charge in [-0.25, -0.2) is 4.99 Å². The Bertz CT molecular complexity index is 975. The Kier molecular flexibility index (Phi) is 21.1. The van der Waals surface area contributed by atoms with Crippen LogP contribution in [0.5, 0.6) is 0 Å². The Labute approximate surface area is 247 Å². The van der Waals surface area contributed by atoms with Gasteiger partial charge in [0.15, 0.2) is 12.1 Å². The van der Waals surface area contributed by atoms with Crippen LogP contribution in [0, 0.1) is 5.92 Å². The van der Waals surface area contributed by atoms with Crippen LogP contribution in [0.15, 0.2) is 82.6 Å². The number of rotatable bonds is 16. The fourth-order valence-corrected chi connectivity index (χ4v) is 3.05. The van der Waals surface area contributed by atoms with Crippen LogP contribution in [0.25, 0.3) is 0 Å². The number of carbonyl (C=O) groups is 1. The summed E-state index contributed by atoms with van der Waals surface area (Å²) in [5, 5.41) is 5.95. The normalized spacial score (nSPS) is 16.7. The summed E-state index contributed by atoms with van der Waals surface area (Å²) < 4.78 is 16.9. The number of nitrogens with one attached hydrogen (secondary N) is 2. The molecule has 0 aromatic rings. The third kappa shape index (κ3) is 17.6. The van der Waals surface area contributed by atoms with E-state index in [0.717, 1.165) is 6.54 Å². The molecule has 1 atom stereocenters. The number of allylic oxidation sites excluding steroid dienone is 2. The van der Waals surface area contributed by atoms with E-state index >= 15 is 0 Å². The van der Waals surface area contributed by atoms with Gasteiger partial charge in [0.25, 0.3) is 0 Å². The molecule has 0 radical (unpaired) electrons. The van der Waals surface area contributed by atoms with Crippen LogP contribution in [0.4, 0.5) is 0 Å². The van der Waals surface area contributed by atoms with Crippen molar-refractivity contribution >= 4 is 18.0 Å². The zero-order valence-corrected chi connectivity index (χ0v) is 26.1. The van der Waals surface area contributed by atoms with E-state index in [1.165, 1.54) is 19.5 Å². The van der Waals surface area contributed by atoms with E-state index in [1.807, 2.05) is 20.8 Å². The van der Waals surface area contributed by atoms with Crippen LogP contribution < -0.4 is 16.4 Å². The average molecular weight is 573 g/mol. The van der Waals surface area contributed by atoms with E-state index < -0.39 is 0 Å². The van der Waals surface area contributed by atoms with Gasteiger partial charge < -0.3 is 35.5 Å². The molecule has 2 aliphatic heterocycles. The lowest BCUT2D eigenvalue weighted by Gasteiger charge is -2.24. The fourth-order valence-electron chi connectivity index (χ4n) is 3.05. The number of aliphatic imine (C=N–C) groups is 2. The molecule has 0 amide bonds. The van der Waals surface area contributed by atoms with Crippen molar-refractivity contribution in [3.63, 3.8) is 0 Å². The molecular formula is C31H52N6O4. The van der Waals surface area contributed by atoms with Crippen molar-refractivity contribution in [3.05, 3.63) is 72.7 Å². The van der Waals surface area contributed by atoms with Gasteiger partial charge in [0.2, 0.25) is 0 Å². The first-order valence-electron chi connectivity index (χ1n) is 14.1. The van der Waals surface area contributed by atoms with Gasteiger partial charge in [-0.1, -0.05) is 46.9 Å². The summed E-state index contributed by atoms with van der Waals surface area (Å²) in [5.74, 6) is 2.13. The molecule has 41 heavy (non-hydrogen) atoms. The SMILES string of the molecule is C=CC(=C\NCC(C)C)/N=C(N)/C(C=C)=C/C(=C\COC1=CNC(C=O)=NC1)OC(C)COC.CC.CN1CCC1. The van der Waals surface area contributed by atoms with E-state index in [2.05, 4.69) is 59.6 Å². The highest BCUT2D eigenvalue weighted by molar-refractivity contribution is 6.27. The number of ether oxygens (including phenoxy) is 3. The molecule has 230 valence electrons. The second-order valence-corrected chi connectivity index (χ2v) is 9.41. The number of nitrogens with zero attached hydrogens (tertiary/aromatic N) is 3. The summed E-state index contributed by atoms with van der Waals surface area (Å²) >= 11 is 0. The number of carbonyl (C=O) groups excluding carboxylic acids is 1. The molecule has 1 fully saturated rings. The van der Waals surface area contributed by atoms with Crippen LogP contribution >= 0.6 is 0 Å². The van der Waals surface area contributed by atoms with Crippen LogP contribution in [0.1, 0.15) is 41.0 Å². The van der Waals surface area contributed by atoms with Crippen molar-refractivity contribution in [1.29, 1.82) is 0 Å². The lowest BCUT2D eigenvalue weighted by Crippen LogP contribution is -2.32. The molecule has 1 unspecified atom stereocenters. The maximum Gasteiger partial charge on any atom is 0.184 e. The summed E-state index contributed by atoms with van der Waals surface area (Å²) in [5.41, 5.74) is 7.41. The molecule has 0 aromatic heterocycles. The molecule has 4 N–H and O–H groups in total. The van der Waals surface area contributed by atoms with Crippen molar-refractivity contribution in [1.82, 2.24) is 15.5 Å². The predicted octanol–water partition coefficient (Wildman–Crippen LogP) is 4.07. The smallest absolute Gasteiger partial charge is 0.184 e. The van der Waals surface area contributed by atoms with Crippen LogP contribution in [0.2, 0.25) is 0 Å². The predicted molar refractivity (Wildman–Crippen MR) is 171 cm³/mol. The largest absolute Gasteiger partial charge is 0.490 e. The first kappa shape index (κ1) is 37.4. The Morgan fingerprint density at radius 1 is 1.27 bits per heavy atom. The van der Waals surface area contributed by atoms with Crippen molar-refractivity contribution in [2.45, 2.75) is 47.1 Å². The zero-order chi connectivity index (χ0) is 31.0. The van der Waals surface area contributed by atoms with Crippen molar-refractivity contribution in [2.24, 2.45) is 21.6 Å². The van der Waals surface area contributed by atoms with Crippen molar-refractivity contribution in [3.8, 4) is 0 Å². The molecule has 0 aromatic carbocycles. The van der Waals surface area contributed by atoms with E-state index in [1.54, 1.807) is 43.8 Å². The fraction of sp³-hybridized carbons (Fsp3) is 0.516. The molecule has 10 heteroatoms. The summed E-state index contributed by atoms with van der Waals surface area (Å²) in [4.78, 5) is 21.5. The molecule has 0 bridgehead atoms. The van der Waals surface area contributed by atoms with Crippen LogP contribution in [-0.4, -0.2) is 82.5 Å². The minimum Gasteiger partial charge on any atom is -0.490 e. The van der Waals surface area contributed by atoms with Gasteiger partial charge >= 0.3 is 0 Å². The minimum atomic E-state index is -0.212. The average Bonchev–Trinajstić information content (AvgIpc) is 2.95. The summed E-state index contributed by atoms with van der Waals surface area (Å²) in [6.07, 6.45) is 11.9. The first-order chi connectivity index (χ1) is 19.7. The van der Waals surface area contributed by atoms with E-state index in [4.69, 9.17) is 19.9 Å². The van der Waals surface area contributed by atoms with Gasteiger partial charge in [-0.05, 0) is 57.6 Å². The van der Waals surface area contributed by atoms with E-state index in [-0.39, 0.29) is 30.9 Å². The second kappa shape index (κ2) is 23.1. The molecule has 2 rings (SSSR count). The third-order valence-electron chi connectivity index (χ3n) is 5.32. The lowest BCUT2D eigenvalue weighted by atomic mass is 10.2. The number of aldehydes is 1. The summed E-state index contributed by atoms with van der Waals surface area (Å²) in [7, 11) is 3.75. The number of nitrogens with two attached hydrogens (primary N) is 1. The van der Waals surface area contributed by atoms with Crippen molar-refractivity contribution in [2.75, 3.05) is 53.6 Å². The molecular weight excluding hydrogens is 520 g/mol. The molecule has 0 spiro atoms. The number of amidine groups is 2. The van der Waals surface area contributed by atoms with Crippen LogP contribution in [-0.2, 0) is 19.0 Å². The standard InChI is InChI=1S/C25H37N5O4.C4H9N.C2H6/c1-7-20(25(26)30-21(8-2)13-27-12-18(3)4)11-22(34-19(5)17-32-6)9-10-33-23-14-28-24(16-31)29-15-23;1-5-3-2-4-5;1-2/h7-9,11,13-14,16,18-19,27H,1-2,10,12,15,17H2,3-6H3,(H2,26,30)(H,28,29);2-4H2,1H3;1-2H3/b20-11+,21-13+,22-9+;;. The zero-order valence-electron chi connectivity index (χ0n) is 26.1. The Balaban J connectivity index is 0.00000201. The molecule has 2 heterocycles. The summed E-state index contributed by atoms with van der Waals surface area (Å²) in [6.45, 7) is 22.1. The summed E-state index contributed by atoms with van der Waals surface area (Å²) in [6, 6.07) is 0. The highest BCUT2D eigenvalue weighted by Crippen LogP contribution is 2.12. The topological polar surface area (TPSA) is 123 Å². The lowest BCUT2D eigenvalue weighted by molar-refractivity contribution is -0.102. The van der Waals surface area contributed by atoms with E-state index in [0.29, 0.717) is 41.6 Å². The Morgan fingerprint density at radius 2 is 1.95 bits per heavy atom. The van der Waals surface area contributed by atoms with Gasteiger partial charge in [-0.3, -0.25) is 9.79 Å². The first-order valence-corrected chi connectivity index (χ1v) is 14.1. The van der Waals surface area contributed by atoms with Crippen LogP contribution in [0.3, 0.4) is 0 Å². The van der Waals surface area contributed by atoms with Gasteiger partial charge in [-0.2, -0.15) is 0 Å². The van der Waals surface area contributed by atoms with Gasteiger partial charge in [0, 0.05) is 31.6 Å².